The van der Waals surface area contributed by atoms with E-state index in [0.29, 0.717) is 23.9 Å². The van der Waals surface area contributed by atoms with Crippen LogP contribution in [-0.2, 0) is 0 Å². The molecule has 4 N–H and O–H groups in total. The van der Waals surface area contributed by atoms with Crippen LogP contribution in [0.5, 0.6) is 6.01 Å². The number of nitrogens with two attached hydrogens (primary N) is 1. The zero-order valence-electron chi connectivity index (χ0n) is 10.1. The lowest BCUT2D eigenvalue weighted by Gasteiger charge is -2.31. The first-order valence-corrected chi connectivity index (χ1v) is 5.76. The highest BCUT2D eigenvalue weighted by Crippen LogP contribution is 2.30. The van der Waals surface area contributed by atoms with Gasteiger partial charge in [-0.05, 0) is 25.7 Å². The highest BCUT2D eigenvalue weighted by Gasteiger charge is 2.24. The molecule has 0 saturated heterocycles. The number of ether oxygens (including phenoxy) is 1. The van der Waals surface area contributed by atoms with E-state index in [1.54, 1.807) is 0 Å². The number of hydrogen-bond donors (Lipinski definition) is 3. The van der Waals surface area contributed by atoms with Gasteiger partial charge in [0.15, 0.2) is 0 Å². The molecule has 0 aromatic carbocycles. The minimum absolute atomic E-state index is 0.247. The van der Waals surface area contributed by atoms with Crippen LogP contribution in [0.4, 0.5) is 11.9 Å². The van der Waals surface area contributed by atoms with Crippen molar-refractivity contribution in [1.29, 1.82) is 0 Å². The molecular formula is C10H18N6O. The Bertz CT molecular complexity index is 359. The number of nitrogen functional groups attached to an aromatic ring is 1. The van der Waals surface area contributed by atoms with Crippen molar-refractivity contribution in [3.8, 4) is 6.01 Å². The van der Waals surface area contributed by atoms with E-state index in [1.807, 2.05) is 0 Å². The second-order valence-electron chi connectivity index (χ2n) is 4.24. The third kappa shape index (κ3) is 2.73. The predicted molar refractivity (Wildman–Crippen MR) is 64.6 cm³/mol. The van der Waals surface area contributed by atoms with Crippen LogP contribution >= 0.6 is 0 Å². The summed E-state index contributed by atoms with van der Waals surface area (Å²) in [6.45, 7) is 2.13. The van der Waals surface area contributed by atoms with Gasteiger partial charge in [-0.15, -0.1) is 0 Å². The lowest BCUT2D eigenvalue weighted by molar-refractivity contribution is 0.284. The largest absolute Gasteiger partial charge is 0.467 e. The minimum Gasteiger partial charge on any atom is -0.467 e. The van der Waals surface area contributed by atoms with Crippen molar-refractivity contribution in [1.82, 2.24) is 15.0 Å². The van der Waals surface area contributed by atoms with Crippen molar-refractivity contribution in [3.05, 3.63) is 0 Å². The first kappa shape index (κ1) is 11.8. The van der Waals surface area contributed by atoms with Gasteiger partial charge in [-0.1, -0.05) is 6.42 Å². The maximum atomic E-state index is 5.28. The van der Waals surface area contributed by atoms with Crippen LogP contribution in [0, 0.1) is 5.92 Å². The normalized spacial score (nSPS) is 17.1. The lowest BCUT2D eigenvalue weighted by Crippen LogP contribution is -2.31. The van der Waals surface area contributed by atoms with Crippen molar-refractivity contribution in [3.63, 3.8) is 0 Å². The van der Waals surface area contributed by atoms with Gasteiger partial charge in [0.05, 0.1) is 7.11 Å². The first-order valence-electron chi connectivity index (χ1n) is 5.76. The van der Waals surface area contributed by atoms with Crippen LogP contribution in [-0.4, -0.2) is 28.1 Å². The van der Waals surface area contributed by atoms with Crippen LogP contribution in [0.1, 0.15) is 26.2 Å². The van der Waals surface area contributed by atoms with Crippen molar-refractivity contribution in [2.24, 2.45) is 11.8 Å². The third-order valence-corrected chi connectivity index (χ3v) is 3.14. The summed E-state index contributed by atoms with van der Waals surface area (Å²) in [5, 5.41) is 3.26. The van der Waals surface area contributed by atoms with E-state index in [9.17, 15) is 0 Å². The average molecular weight is 238 g/mol. The highest BCUT2D eigenvalue weighted by molar-refractivity contribution is 5.35. The number of aromatic nitrogens is 3. The average Bonchev–Trinajstić information content (AvgIpc) is 2.25. The van der Waals surface area contributed by atoms with E-state index in [2.05, 4.69) is 32.6 Å². The summed E-state index contributed by atoms with van der Waals surface area (Å²) in [6, 6.07) is 0.595. The summed E-state index contributed by atoms with van der Waals surface area (Å²) in [5.41, 5.74) is 2.39. The van der Waals surface area contributed by atoms with E-state index in [-0.39, 0.29) is 6.01 Å². The number of nitrogens with one attached hydrogen (secondary N) is 2. The van der Waals surface area contributed by atoms with E-state index in [0.717, 1.165) is 0 Å². The highest BCUT2D eigenvalue weighted by atomic mass is 16.5. The standard InChI is InChI=1S/C10H18N6O/c1-6(7-4-3-5-7)12-8-13-9(16-11)15-10(14-8)17-2/h6-7H,3-5,11H2,1-2H3,(H2,12,13,14,15,16). The molecule has 7 heteroatoms. The molecule has 1 aliphatic rings. The van der Waals surface area contributed by atoms with Crippen LogP contribution in [0.15, 0.2) is 0 Å². The topological polar surface area (TPSA) is 98.0 Å². The minimum atomic E-state index is 0.247. The summed E-state index contributed by atoms with van der Waals surface area (Å²) < 4.78 is 4.98. The molecule has 94 valence electrons. The molecule has 1 unspecified atom stereocenters. The van der Waals surface area contributed by atoms with Crippen LogP contribution in [0.25, 0.3) is 0 Å². The van der Waals surface area contributed by atoms with E-state index < -0.39 is 0 Å². The van der Waals surface area contributed by atoms with Gasteiger partial charge in [0, 0.05) is 6.04 Å². The summed E-state index contributed by atoms with van der Waals surface area (Å²) >= 11 is 0. The predicted octanol–water partition coefficient (Wildman–Crippen LogP) is 0.766. The Morgan fingerprint density at radius 1 is 1.29 bits per heavy atom. The molecule has 1 aliphatic carbocycles. The van der Waals surface area contributed by atoms with Crippen LogP contribution in [0.3, 0.4) is 0 Å². The molecule has 1 atom stereocenters. The molecule has 17 heavy (non-hydrogen) atoms. The van der Waals surface area contributed by atoms with E-state index in [4.69, 9.17) is 10.6 Å². The Morgan fingerprint density at radius 3 is 2.53 bits per heavy atom. The van der Waals surface area contributed by atoms with Crippen LogP contribution in [0.2, 0.25) is 0 Å². The Hall–Kier alpha value is -1.63. The summed E-state index contributed by atoms with van der Waals surface area (Å²) in [4.78, 5) is 12.2. The van der Waals surface area contributed by atoms with Crippen LogP contribution < -0.4 is 21.3 Å². The zero-order chi connectivity index (χ0) is 12.3. The Morgan fingerprint density at radius 2 is 2.00 bits per heavy atom. The van der Waals surface area contributed by atoms with Gasteiger partial charge in [0.2, 0.25) is 11.9 Å². The summed E-state index contributed by atoms with van der Waals surface area (Å²) in [5.74, 6) is 6.77. The molecule has 0 spiro atoms. The molecule has 0 radical (unpaired) electrons. The van der Waals surface area contributed by atoms with Gasteiger partial charge >= 0.3 is 6.01 Å². The second-order valence-corrected chi connectivity index (χ2v) is 4.24. The molecular weight excluding hydrogens is 220 g/mol. The fourth-order valence-electron chi connectivity index (χ4n) is 1.84. The second kappa shape index (κ2) is 5.13. The molecule has 1 aromatic rings. The lowest BCUT2D eigenvalue weighted by atomic mass is 9.80. The fraction of sp³-hybridized carbons (Fsp3) is 0.700. The molecule has 1 saturated carbocycles. The number of hydrazine groups is 1. The SMILES string of the molecule is COc1nc(NN)nc(NC(C)C2CCC2)n1. The van der Waals surface area contributed by atoms with E-state index >= 15 is 0 Å². The molecule has 7 nitrogen and oxygen atoms in total. The summed E-state index contributed by atoms with van der Waals surface area (Å²) in [6.07, 6.45) is 3.84. The molecule has 0 aliphatic heterocycles. The molecule has 0 bridgehead atoms. The van der Waals surface area contributed by atoms with E-state index in [1.165, 1.54) is 26.4 Å². The van der Waals surface area contributed by atoms with Gasteiger partial charge < -0.3 is 10.1 Å². The van der Waals surface area contributed by atoms with Crippen molar-refractivity contribution in [2.75, 3.05) is 17.9 Å². The van der Waals surface area contributed by atoms with Gasteiger partial charge in [-0.25, -0.2) is 5.84 Å². The number of rotatable bonds is 5. The van der Waals surface area contributed by atoms with Gasteiger partial charge in [0.1, 0.15) is 0 Å². The van der Waals surface area contributed by atoms with Gasteiger partial charge in [-0.3, -0.25) is 5.43 Å². The van der Waals surface area contributed by atoms with Gasteiger partial charge in [-0.2, -0.15) is 15.0 Å². The number of nitrogens with zero attached hydrogens (tertiary/aromatic N) is 3. The molecule has 1 aromatic heterocycles. The molecule has 0 amide bonds. The summed E-state index contributed by atoms with van der Waals surface area (Å²) in [7, 11) is 1.51. The smallest absolute Gasteiger partial charge is 0.322 e. The first-order chi connectivity index (χ1) is 8.22. The number of anilines is 2. The third-order valence-electron chi connectivity index (χ3n) is 3.14. The number of hydrogen-bond acceptors (Lipinski definition) is 7. The quantitative estimate of drug-likeness (QED) is 0.514. The fourth-order valence-corrected chi connectivity index (χ4v) is 1.84. The Labute approximate surface area is 100 Å². The van der Waals surface area contributed by atoms with Crippen molar-refractivity contribution >= 4 is 11.9 Å². The maximum Gasteiger partial charge on any atom is 0.322 e. The Kier molecular flexibility index (Phi) is 3.58. The van der Waals surface area contributed by atoms with Gasteiger partial charge in [0.25, 0.3) is 0 Å². The zero-order valence-corrected chi connectivity index (χ0v) is 10.1. The monoisotopic (exact) mass is 238 g/mol. The van der Waals surface area contributed by atoms with Crippen molar-refractivity contribution in [2.45, 2.75) is 32.2 Å². The number of methoxy groups -OCH3 is 1. The van der Waals surface area contributed by atoms with Crippen molar-refractivity contribution < 1.29 is 4.74 Å². The molecule has 1 fully saturated rings. The Balaban J connectivity index is 2.07. The maximum absolute atomic E-state index is 5.28. The molecule has 2 rings (SSSR count). The molecule has 1 heterocycles.